The molecule has 0 aliphatic carbocycles. The summed E-state index contributed by atoms with van der Waals surface area (Å²) in [6, 6.07) is -2.69. The fraction of sp³-hybridized carbons (Fsp3) is 0.706. The van der Waals surface area contributed by atoms with E-state index in [1.807, 2.05) is 0 Å². The third-order valence-electron chi connectivity index (χ3n) is 10.9. The molecule has 12 atom stereocenters. The van der Waals surface area contributed by atoms with Crippen LogP contribution in [0.1, 0.15) is 40.5 Å². The Hall–Kier alpha value is -3.32. The summed E-state index contributed by atoms with van der Waals surface area (Å²) in [4.78, 5) is 85.0. The Labute approximate surface area is 311 Å². The average Bonchev–Trinajstić information content (AvgIpc) is 3.82. The normalized spacial score (nSPS) is 33.0. The summed E-state index contributed by atoms with van der Waals surface area (Å²) < 4.78 is 0. The topological polar surface area (TPSA) is 220 Å². The smallest absolute Gasteiger partial charge is 0.353 e. The highest BCUT2D eigenvalue weighted by Gasteiger charge is 2.60. The number of thioether (sulfide) groups is 2. The molecule has 5 rings (SSSR count). The summed E-state index contributed by atoms with van der Waals surface area (Å²) in [6.07, 6.45) is -1.54. The van der Waals surface area contributed by atoms with Gasteiger partial charge in [0.1, 0.15) is 17.4 Å². The molecule has 288 valence electrons. The molecule has 0 radical (unpaired) electrons. The van der Waals surface area contributed by atoms with Crippen molar-refractivity contribution in [1.29, 1.82) is 0 Å². The maximum Gasteiger partial charge on any atom is 0.353 e. The number of nitrogens with one attached hydrogen (secondary N) is 2. The molecule has 0 bridgehead atoms. The molecule has 0 unspecified atom stereocenters. The minimum absolute atomic E-state index is 0.0372. The van der Waals surface area contributed by atoms with E-state index >= 15 is 0 Å². The van der Waals surface area contributed by atoms with E-state index in [1.54, 1.807) is 42.0 Å². The van der Waals surface area contributed by atoms with Gasteiger partial charge in [0.25, 0.3) is 0 Å². The van der Waals surface area contributed by atoms with Crippen molar-refractivity contribution in [3.63, 3.8) is 0 Å². The number of hydrogen-bond acceptors (Lipinski definition) is 12. The van der Waals surface area contributed by atoms with E-state index in [9.17, 15) is 49.2 Å². The van der Waals surface area contributed by atoms with Crippen molar-refractivity contribution < 1.29 is 49.2 Å². The first-order valence-corrected chi connectivity index (χ1v) is 19.2. The Bertz CT molecular complexity index is 1580. The Balaban J connectivity index is 1.38. The number of carbonyl (C=O) groups excluding carboxylic acids is 4. The van der Waals surface area contributed by atoms with Gasteiger partial charge in [0.15, 0.2) is 0 Å². The van der Waals surface area contributed by atoms with Crippen LogP contribution in [-0.4, -0.2) is 164 Å². The number of likely N-dealkylation sites (tertiary alicyclic amines) is 1. The number of carbonyl (C=O) groups is 6. The lowest BCUT2D eigenvalue weighted by Crippen LogP contribution is -2.63. The van der Waals surface area contributed by atoms with Gasteiger partial charge in [-0.25, -0.2) is 9.59 Å². The molecule has 0 aromatic rings. The second-order valence-electron chi connectivity index (χ2n) is 14.9. The first-order valence-electron chi connectivity index (χ1n) is 17.5. The number of nitrogens with zero attached hydrogens (tertiary/aromatic N) is 4. The lowest BCUT2D eigenvalue weighted by molar-refractivity contribution is -0.163. The van der Waals surface area contributed by atoms with Crippen molar-refractivity contribution in [2.75, 3.05) is 41.3 Å². The van der Waals surface area contributed by atoms with Crippen molar-refractivity contribution in [2.24, 2.45) is 23.7 Å². The Morgan fingerprint density at radius 3 is 2.02 bits per heavy atom. The number of aliphatic hydroxyl groups excluding tert-OH is 2. The van der Waals surface area contributed by atoms with E-state index in [0.29, 0.717) is 22.8 Å². The number of β-lactam (4-membered cyclic amide) rings is 1. The molecule has 4 amide bonds. The first kappa shape index (κ1) is 39.9. The number of aliphatic carboxylic acids is 2. The fourth-order valence-electron chi connectivity index (χ4n) is 8.33. The predicted molar refractivity (Wildman–Crippen MR) is 192 cm³/mol. The van der Waals surface area contributed by atoms with Gasteiger partial charge < -0.3 is 50.7 Å². The van der Waals surface area contributed by atoms with Crippen LogP contribution in [0.25, 0.3) is 0 Å². The average molecular weight is 767 g/mol. The van der Waals surface area contributed by atoms with E-state index in [4.69, 9.17) is 0 Å². The summed E-state index contributed by atoms with van der Waals surface area (Å²) >= 11 is 2.56. The summed E-state index contributed by atoms with van der Waals surface area (Å²) in [5.74, 6) is -6.74. The third-order valence-corrected chi connectivity index (χ3v) is 13.9. The Kier molecular flexibility index (Phi) is 11.7. The van der Waals surface area contributed by atoms with Gasteiger partial charge in [-0.2, -0.15) is 0 Å². The van der Waals surface area contributed by atoms with Gasteiger partial charge in [0.2, 0.25) is 23.6 Å². The zero-order chi connectivity index (χ0) is 38.7. The molecule has 5 heterocycles. The first-order chi connectivity index (χ1) is 24.3. The number of likely N-dealkylation sites (N-methyl/N-ethyl adjacent to an activating group) is 2. The van der Waals surface area contributed by atoms with Gasteiger partial charge in [-0.1, -0.05) is 13.8 Å². The molecule has 0 saturated carbocycles. The maximum atomic E-state index is 14.6. The van der Waals surface area contributed by atoms with Crippen LogP contribution in [-0.2, 0) is 28.8 Å². The molecule has 5 aliphatic rings. The number of amides is 4. The van der Waals surface area contributed by atoms with Crippen LogP contribution in [0, 0.1) is 23.7 Å². The van der Waals surface area contributed by atoms with E-state index < -0.39 is 89.0 Å². The molecule has 18 heteroatoms. The molecule has 3 saturated heterocycles. The molecule has 3 fully saturated rings. The summed E-state index contributed by atoms with van der Waals surface area (Å²) in [5, 5.41) is 47.4. The zero-order valence-electron chi connectivity index (χ0n) is 30.6. The largest absolute Gasteiger partial charge is 0.477 e. The van der Waals surface area contributed by atoms with E-state index in [1.165, 1.54) is 57.0 Å². The number of rotatable bonds is 12. The minimum atomic E-state index is -1.28. The monoisotopic (exact) mass is 766 g/mol. The van der Waals surface area contributed by atoms with Gasteiger partial charge in [0.05, 0.1) is 36.1 Å². The molecular weight excluding hydrogens is 717 g/mol. The highest BCUT2D eigenvalue weighted by atomic mass is 32.2. The Morgan fingerprint density at radius 2 is 1.48 bits per heavy atom. The van der Waals surface area contributed by atoms with Crippen molar-refractivity contribution in [3.05, 3.63) is 21.2 Å². The standard InChI is InChI=1S/C34H50N6O10S2/c1-13-23(36-24(33(47)48)27(13)51-17-9-19(35-11-17)29(43)37(5)6)21(15(3)41)31(45)39-12-18(10-20(39)30(44)38(7)8)52-28-14(2)25-22(16(4)42)32(46)40(25)26(28)34(49)50/h13-23,25,35-36,41-42H,9-12H2,1-8H3,(H,47,48)(H,49,50)/t13-,14-,15-,16-,17+,18+,19+,20+,21-,22-,23-,25-/m1/s1. The van der Waals surface area contributed by atoms with Crippen molar-refractivity contribution in [1.82, 2.24) is 30.2 Å². The van der Waals surface area contributed by atoms with E-state index in [0.717, 1.165) is 0 Å². The molecule has 0 aromatic heterocycles. The van der Waals surface area contributed by atoms with Gasteiger partial charge in [0, 0.05) is 79.5 Å². The van der Waals surface area contributed by atoms with Crippen LogP contribution < -0.4 is 10.6 Å². The molecular formula is C34H50N6O10S2. The van der Waals surface area contributed by atoms with Gasteiger partial charge in [-0.05, 0) is 26.7 Å². The predicted octanol–water partition coefficient (Wildman–Crippen LogP) is -0.616. The van der Waals surface area contributed by atoms with Crippen LogP contribution in [0.5, 0.6) is 0 Å². The summed E-state index contributed by atoms with van der Waals surface area (Å²) in [7, 11) is 6.48. The van der Waals surface area contributed by atoms with Gasteiger partial charge >= 0.3 is 11.9 Å². The van der Waals surface area contributed by atoms with E-state index in [-0.39, 0.29) is 41.4 Å². The minimum Gasteiger partial charge on any atom is -0.477 e. The SMILES string of the molecule is C[C@@H](O)[C@@H](C(=O)N1C[C@@H](SC2=C(C(=O)O)N3C(=O)[C@H]([C@@H](C)O)[C@H]3[C@H]2C)C[C@H]1C(=O)N(C)C)[C@@H]1NC(C(=O)O)=C(S[C@@H]2CN[C@H](C(=O)N(C)C)C2)[C@@H]1C. The Morgan fingerprint density at radius 1 is 0.865 bits per heavy atom. The fourth-order valence-corrected chi connectivity index (χ4v) is 11.3. The van der Waals surface area contributed by atoms with Crippen LogP contribution in [0.15, 0.2) is 21.2 Å². The second-order valence-corrected chi connectivity index (χ2v) is 17.6. The quantitative estimate of drug-likeness (QED) is 0.137. The number of hydrogen-bond donors (Lipinski definition) is 6. The highest BCUT2D eigenvalue weighted by molar-refractivity contribution is 8.04. The molecule has 52 heavy (non-hydrogen) atoms. The molecule has 0 aromatic carbocycles. The second kappa shape index (κ2) is 15.2. The van der Waals surface area contributed by atoms with Crippen LogP contribution in [0.4, 0.5) is 0 Å². The van der Waals surface area contributed by atoms with Crippen molar-refractivity contribution >= 4 is 59.1 Å². The molecule has 0 spiro atoms. The number of fused-ring (bicyclic) bond motifs is 1. The van der Waals surface area contributed by atoms with Crippen molar-refractivity contribution in [3.8, 4) is 0 Å². The lowest BCUT2D eigenvalue weighted by atomic mass is 9.79. The van der Waals surface area contributed by atoms with Crippen LogP contribution >= 0.6 is 23.5 Å². The number of carboxylic acid groups (broad SMARTS) is 2. The highest BCUT2D eigenvalue weighted by Crippen LogP contribution is 2.52. The van der Waals surface area contributed by atoms with Crippen molar-refractivity contribution in [2.45, 2.75) is 87.4 Å². The van der Waals surface area contributed by atoms with Crippen LogP contribution in [0.2, 0.25) is 0 Å². The summed E-state index contributed by atoms with van der Waals surface area (Å²) in [6.45, 7) is 7.07. The maximum absolute atomic E-state index is 14.6. The zero-order valence-corrected chi connectivity index (χ0v) is 32.2. The number of aliphatic hydroxyl groups is 2. The molecule has 16 nitrogen and oxygen atoms in total. The third kappa shape index (κ3) is 7.03. The van der Waals surface area contributed by atoms with Crippen LogP contribution in [0.3, 0.4) is 0 Å². The van der Waals surface area contributed by atoms with E-state index in [2.05, 4.69) is 10.6 Å². The lowest BCUT2D eigenvalue weighted by Gasteiger charge is -2.46. The van der Waals surface area contributed by atoms with Gasteiger partial charge in [-0.15, -0.1) is 23.5 Å². The summed E-state index contributed by atoms with van der Waals surface area (Å²) in [5.41, 5.74) is -0.222. The molecule has 5 aliphatic heterocycles. The molecule has 6 N–H and O–H groups in total. The number of carboxylic acids is 2. The van der Waals surface area contributed by atoms with Gasteiger partial charge in [-0.3, -0.25) is 19.2 Å².